The number of nitrogens with one attached hydrogen (secondary N) is 1. The quantitative estimate of drug-likeness (QED) is 0.746. The molecule has 0 saturated carbocycles. The van der Waals surface area contributed by atoms with Crippen molar-refractivity contribution in [2.45, 2.75) is 36.9 Å². The van der Waals surface area contributed by atoms with Crippen LogP contribution in [0.1, 0.15) is 19.8 Å². The molecule has 0 spiro atoms. The van der Waals surface area contributed by atoms with Crippen LogP contribution in [-0.4, -0.2) is 39.1 Å². The number of amides is 1. The van der Waals surface area contributed by atoms with Gasteiger partial charge in [-0.25, -0.2) is 18.4 Å². The molecule has 1 aromatic carbocycles. The van der Waals surface area contributed by atoms with Gasteiger partial charge in [-0.05, 0) is 44.0 Å². The number of ether oxygens (including phenoxy) is 2. The third-order valence-corrected chi connectivity index (χ3v) is 4.23. The van der Waals surface area contributed by atoms with Gasteiger partial charge in [0.2, 0.25) is 10.0 Å². The summed E-state index contributed by atoms with van der Waals surface area (Å²) in [5, 5.41) is 7.51. The standard InChI is InChI=1S/C14H18N2O6S/c1-9(22-14(18)12-3-2-8-21-12)13(17)16-10-4-6-11(7-5-10)23(15,19)20/h4-7,9,12H,2-3,8H2,1H3,(H,16,17)(H2,15,19,20)/t9-,12+/m1/s1. The summed E-state index contributed by atoms with van der Waals surface area (Å²) in [7, 11) is -3.79. The molecule has 3 N–H and O–H groups in total. The molecule has 9 heteroatoms. The summed E-state index contributed by atoms with van der Waals surface area (Å²) in [4.78, 5) is 23.7. The van der Waals surface area contributed by atoms with E-state index in [4.69, 9.17) is 14.6 Å². The Bertz CT molecular complexity index is 680. The summed E-state index contributed by atoms with van der Waals surface area (Å²) in [6, 6.07) is 5.33. The Morgan fingerprint density at radius 2 is 2.00 bits per heavy atom. The lowest BCUT2D eigenvalue weighted by molar-refractivity contribution is -0.162. The molecule has 0 aromatic heterocycles. The molecule has 0 radical (unpaired) electrons. The van der Waals surface area contributed by atoms with Gasteiger partial charge in [-0.1, -0.05) is 0 Å². The molecule has 1 amide bonds. The fourth-order valence-corrected chi connectivity index (χ4v) is 2.55. The number of carbonyl (C=O) groups is 2. The van der Waals surface area contributed by atoms with Gasteiger partial charge in [0.05, 0.1) is 4.90 Å². The number of benzene rings is 1. The summed E-state index contributed by atoms with van der Waals surface area (Å²) < 4.78 is 32.5. The lowest BCUT2D eigenvalue weighted by Gasteiger charge is -2.16. The average Bonchev–Trinajstić information content (AvgIpc) is 3.01. The van der Waals surface area contributed by atoms with Crippen molar-refractivity contribution in [3.05, 3.63) is 24.3 Å². The Balaban J connectivity index is 1.91. The van der Waals surface area contributed by atoms with Crippen LogP contribution in [0, 0.1) is 0 Å². The van der Waals surface area contributed by atoms with E-state index in [9.17, 15) is 18.0 Å². The second kappa shape index (κ2) is 7.07. The molecule has 126 valence electrons. The smallest absolute Gasteiger partial charge is 0.336 e. The van der Waals surface area contributed by atoms with Crippen molar-refractivity contribution in [2.24, 2.45) is 5.14 Å². The number of esters is 1. The second-order valence-corrected chi connectivity index (χ2v) is 6.70. The number of sulfonamides is 1. The van der Waals surface area contributed by atoms with E-state index in [-0.39, 0.29) is 4.90 Å². The Morgan fingerprint density at radius 1 is 1.35 bits per heavy atom. The third-order valence-electron chi connectivity index (χ3n) is 3.31. The van der Waals surface area contributed by atoms with Crippen molar-refractivity contribution in [3.63, 3.8) is 0 Å². The largest absolute Gasteiger partial charge is 0.451 e. The van der Waals surface area contributed by atoms with E-state index in [1.54, 1.807) is 0 Å². The minimum absolute atomic E-state index is 0.0617. The highest BCUT2D eigenvalue weighted by Gasteiger charge is 2.28. The summed E-state index contributed by atoms with van der Waals surface area (Å²) in [6.45, 7) is 1.96. The first-order chi connectivity index (χ1) is 10.8. The molecule has 2 rings (SSSR count). The molecule has 1 fully saturated rings. The number of primary sulfonamides is 1. The van der Waals surface area contributed by atoms with Gasteiger partial charge in [0.25, 0.3) is 5.91 Å². The maximum atomic E-state index is 12.0. The van der Waals surface area contributed by atoms with Crippen LogP contribution in [0.3, 0.4) is 0 Å². The highest BCUT2D eigenvalue weighted by molar-refractivity contribution is 7.89. The van der Waals surface area contributed by atoms with Crippen LogP contribution in [-0.2, 0) is 29.1 Å². The number of rotatable bonds is 5. The molecule has 8 nitrogen and oxygen atoms in total. The molecule has 0 unspecified atom stereocenters. The molecule has 0 aliphatic carbocycles. The molecule has 1 heterocycles. The van der Waals surface area contributed by atoms with Gasteiger partial charge < -0.3 is 14.8 Å². The van der Waals surface area contributed by atoms with Crippen molar-refractivity contribution >= 4 is 27.6 Å². The predicted octanol–water partition coefficient (Wildman–Crippen LogP) is 0.383. The summed E-state index contributed by atoms with van der Waals surface area (Å²) >= 11 is 0. The first-order valence-electron chi connectivity index (χ1n) is 7.03. The molecule has 2 atom stereocenters. The monoisotopic (exact) mass is 342 g/mol. The van der Waals surface area contributed by atoms with E-state index in [0.717, 1.165) is 6.42 Å². The highest BCUT2D eigenvalue weighted by atomic mass is 32.2. The summed E-state index contributed by atoms with van der Waals surface area (Å²) in [5.74, 6) is -1.09. The number of carbonyl (C=O) groups excluding carboxylic acids is 2. The van der Waals surface area contributed by atoms with Crippen molar-refractivity contribution < 1.29 is 27.5 Å². The minimum Gasteiger partial charge on any atom is -0.451 e. The Labute approximate surface area is 134 Å². The van der Waals surface area contributed by atoms with Crippen LogP contribution in [0.15, 0.2) is 29.2 Å². The molecular weight excluding hydrogens is 324 g/mol. The molecule has 1 aromatic rings. The maximum Gasteiger partial charge on any atom is 0.336 e. The zero-order valence-corrected chi connectivity index (χ0v) is 13.3. The van der Waals surface area contributed by atoms with Crippen molar-refractivity contribution in [3.8, 4) is 0 Å². The topological polar surface area (TPSA) is 125 Å². The second-order valence-electron chi connectivity index (χ2n) is 5.14. The van der Waals surface area contributed by atoms with Gasteiger partial charge in [-0.15, -0.1) is 0 Å². The van der Waals surface area contributed by atoms with Crippen LogP contribution < -0.4 is 10.5 Å². The fourth-order valence-electron chi connectivity index (χ4n) is 2.04. The predicted molar refractivity (Wildman–Crippen MR) is 81.0 cm³/mol. The van der Waals surface area contributed by atoms with Crippen LogP contribution in [0.25, 0.3) is 0 Å². The summed E-state index contributed by atoms with van der Waals surface area (Å²) in [6.07, 6.45) is -0.234. The van der Waals surface area contributed by atoms with Gasteiger partial charge in [0.1, 0.15) is 0 Å². The van der Waals surface area contributed by atoms with Gasteiger partial charge >= 0.3 is 5.97 Å². The van der Waals surface area contributed by atoms with Gasteiger partial charge in [0.15, 0.2) is 12.2 Å². The number of anilines is 1. The fraction of sp³-hybridized carbons (Fsp3) is 0.429. The normalized spacial score (nSPS) is 19.1. The molecular formula is C14H18N2O6S. The van der Waals surface area contributed by atoms with E-state index in [0.29, 0.717) is 18.7 Å². The van der Waals surface area contributed by atoms with E-state index >= 15 is 0 Å². The number of nitrogens with two attached hydrogens (primary N) is 1. The van der Waals surface area contributed by atoms with Crippen molar-refractivity contribution in [2.75, 3.05) is 11.9 Å². The van der Waals surface area contributed by atoms with E-state index in [2.05, 4.69) is 5.32 Å². The third kappa shape index (κ3) is 4.75. The van der Waals surface area contributed by atoms with Crippen LogP contribution in [0.5, 0.6) is 0 Å². The Kier molecular flexibility index (Phi) is 5.34. The van der Waals surface area contributed by atoms with Crippen molar-refractivity contribution in [1.29, 1.82) is 0 Å². The molecule has 0 bridgehead atoms. The maximum absolute atomic E-state index is 12.0. The Morgan fingerprint density at radius 3 is 2.52 bits per heavy atom. The number of hydrogen-bond acceptors (Lipinski definition) is 6. The zero-order chi connectivity index (χ0) is 17.0. The first-order valence-corrected chi connectivity index (χ1v) is 8.58. The van der Waals surface area contributed by atoms with Gasteiger partial charge in [0, 0.05) is 12.3 Å². The van der Waals surface area contributed by atoms with Crippen LogP contribution in [0.2, 0.25) is 0 Å². The zero-order valence-electron chi connectivity index (χ0n) is 12.5. The van der Waals surface area contributed by atoms with Gasteiger partial charge in [-0.3, -0.25) is 4.79 Å². The molecule has 1 aliphatic heterocycles. The molecule has 1 saturated heterocycles. The molecule has 1 aliphatic rings. The van der Waals surface area contributed by atoms with Crippen molar-refractivity contribution in [1.82, 2.24) is 0 Å². The van der Waals surface area contributed by atoms with E-state index in [1.807, 2.05) is 0 Å². The van der Waals surface area contributed by atoms with E-state index < -0.39 is 34.1 Å². The van der Waals surface area contributed by atoms with Crippen LogP contribution in [0.4, 0.5) is 5.69 Å². The lowest BCUT2D eigenvalue weighted by atomic mass is 10.2. The SMILES string of the molecule is C[C@@H](OC(=O)[C@@H]1CCCO1)C(=O)Nc1ccc(S(N)(=O)=O)cc1. The Hall–Kier alpha value is -1.97. The molecule has 23 heavy (non-hydrogen) atoms. The lowest BCUT2D eigenvalue weighted by Crippen LogP contribution is -2.34. The highest BCUT2D eigenvalue weighted by Crippen LogP contribution is 2.16. The van der Waals surface area contributed by atoms with Crippen LogP contribution >= 0.6 is 0 Å². The minimum atomic E-state index is -3.79. The van der Waals surface area contributed by atoms with E-state index in [1.165, 1.54) is 31.2 Å². The number of hydrogen-bond donors (Lipinski definition) is 2. The average molecular weight is 342 g/mol. The van der Waals surface area contributed by atoms with Gasteiger partial charge in [-0.2, -0.15) is 0 Å². The summed E-state index contributed by atoms with van der Waals surface area (Å²) in [5.41, 5.74) is 0.363. The first kappa shape index (κ1) is 17.4.